The zero-order valence-electron chi connectivity index (χ0n) is 15.1. The molecule has 1 N–H and O–H groups in total. The second kappa shape index (κ2) is 11.5. The third kappa shape index (κ3) is 8.81. The predicted octanol–water partition coefficient (Wildman–Crippen LogP) is 4.46. The fourth-order valence-corrected chi connectivity index (χ4v) is 3.16. The van der Waals surface area contributed by atoms with Crippen LogP contribution in [0.3, 0.4) is 0 Å². The van der Waals surface area contributed by atoms with E-state index >= 15 is 0 Å². The van der Waals surface area contributed by atoms with E-state index in [2.05, 4.69) is 6.92 Å². The minimum Gasteiger partial charge on any atom is -1.00 e. The van der Waals surface area contributed by atoms with Crippen LogP contribution in [0.4, 0.5) is 0 Å². The van der Waals surface area contributed by atoms with Crippen molar-refractivity contribution < 1.29 is 15.8 Å². The summed E-state index contributed by atoms with van der Waals surface area (Å²) in [4.78, 5) is 0.0583. The molecule has 0 bridgehead atoms. The molecular weight excluding hydrogens is 297 g/mol. The predicted molar refractivity (Wildman–Crippen MR) is 90.5 cm³/mol. The van der Waals surface area contributed by atoms with Crippen molar-refractivity contribution in [1.29, 1.82) is 0 Å². The molecule has 1 aromatic carbocycles. The van der Waals surface area contributed by atoms with Crippen molar-refractivity contribution >= 4 is 33.2 Å². The standard InChI is InChI=1S/C16H26O3S.Mg.2H/c1-2-3-4-5-6-7-8-9-12-15-13-10-11-14-16(15)20(17,18)19;;;/h10-11,13-14H,2-9,12H2,1H3,(H,17,18,19);;;/q;+2;2*-1. The molecule has 0 aromatic heterocycles. The van der Waals surface area contributed by atoms with Crippen molar-refractivity contribution in [3.8, 4) is 0 Å². The molecule has 3 nitrogen and oxygen atoms in total. The molecule has 0 aliphatic rings. The first-order chi connectivity index (χ1) is 9.55. The molecule has 118 valence electrons. The van der Waals surface area contributed by atoms with Gasteiger partial charge in [0.05, 0.1) is 4.90 Å². The molecule has 5 heteroatoms. The second-order valence-corrected chi connectivity index (χ2v) is 6.70. The van der Waals surface area contributed by atoms with Crippen molar-refractivity contribution in [1.82, 2.24) is 0 Å². The Kier molecular flexibility index (Phi) is 11.4. The number of hydrogen-bond donors (Lipinski definition) is 1. The minimum atomic E-state index is -4.09. The van der Waals surface area contributed by atoms with Crippen LogP contribution in [0.5, 0.6) is 0 Å². The summed E-state index contributed by atoms with van der Waals surface area (Å²) in [6.45, 7) is 2.21. The van der Waals surface area contributed by atoms with E-state index < -0.39 is 10.1 Å². The fourth-order valence-electron chi connectivity index (χ4n) is 2.41. The van der Waals surface area contributed by atoms with E-state index in [1.807, 2.05) is 6.07 Å². The van der Waals surface area contributed by atoms with Crippen molar-refractivity contribution in [3.05, 3.63) is 29.8 Å². The van der Waals surface area contributed by atoms with Crippen LogP contribution in [0.1, 0.15) is 66.7 Å². The molecule has 0 amide bonds. The summed E-state index contributed by atoms with van der Waals surface area (Å²) in [6.07, 6.45) is 10.5. The van der Waals surface area contributed by atoms with Crippen molar-refractivity contribution in [2.45, 2.75) is 69.6 Å². The number of aryl methyl sites for hydroxylation is 1. The van der Waals surface area contributed by atoms with Crippen LogP contribution in [0.25, 0.3) is 0 Å². The molecule has 0 aliphatic carbocycles. The van der Waals surface area contributed by atoms with Crippen LogP contribution in [0.15, 0.2) is 29.2 Å². The normalized spacial score (nSPS) is 11.1. The van der Waals surface area contributed by atoms with Gasteiger partial charge in [0.2, 0.25) is 0 Å². The van der Waals surface area contributed by atoms with E-state index in [4.69, 9.17) is 4.55 Å². The summed E-state index contributed by atoms with van der Waals surface area (Å²) < 4.78 is 31.7. The van der Waals surface area contributed by atoms with Gasteiger partial charge in [0.15, 0.2) is 0 Å². The van der Waals surface area contributed by atoms with Crippen LogP contribution in [0, 0.1) is 0 Å². The average molecular weight is 325 g/mol. The average Bonchev–Trinajstić information content (AvgIpc) is 2.41. The third-order valence-corrected chi connectivity index (χ3v) is 4.50. The third-order valence-electron chi connectivity index (χ3n) is 3.55. The molecule has 1 aromatic rings. The molecule has 0 heterocycles. The minimum absolute atomic E-state index is 0. The van der Waals surface area contributed by atoms with Gasteiger partial charge in [0.25, 0.3) is 10.1 Å². The van der Waals surface area contributed by atoms with E-state index in [1.165, 1.54) is 44.6 Å². The van der Waals surface area contributed by atoms with Gasteiger partial charge in [-0.3, -0.25) is 4.55 Å². The smallest absolute Gasteiger partial charge is 1.00 e. The summed E-state index contributed by atoms with van der Waals surface area (Å²) >= 11 is 0. The summed E-state index contributed by atoms with van der Waals surface area (Å²) in [6, 6.07) is 6.70. The summed E-state index contributed by atoms with van der Waals surface area (Å²) in [5.74, 6) is 0. The van der Waals surface area contributed by atoms with Gasteiger partial charge in [-0.2, -0.15) is 8.42 Å². The Labute approximate surface area is 148 Å². The van der Waals surface area contributed by atoms with Gasteiger partial charge >= 0.3 is 23.1 Å². The van der Waals surface area contributed by atoms with Gasteiger partial charge in [-0.1, -0.05) is 70.1 Å². The maximum atomic E-state index is 11.2. The SMILES string of the molecule is CCCCCCCCCCc1ccccc1S(=O)(=O)O.[H-].[H-].[Mg+2]. The van der Waals surface area contributed by atoms with Gasteiger partial charge in [0.1, 0.15) is 0 Å². The molecule has 0 fully saturated rings. The Morgan fingerprint density at radius 1 is 0.952 bits per heavy atom. The van der Waals surface area contributed by atoms with Crippen LogP contribution < -0.4 is 0 Å². The van der Waals surface area contributed by atoms with E-state index in [0.29, 0.717) is 6.42 Å². The van der Waals surface area contributed by atoms with Gasteiger partial charge in [-0.05, 0) is 24.5 Å². The van der Waals surface area contributed by atoms with Crippen LogP contribution in [-0.4, -0.2) is 36.0 Å². The molecule has 0 unspecified atom stereocenters. The fraction of sp³-hybridized carbons (Fsp3) is 0.625. The van der Waals surface area contributed by atoms with E-state index in [0.717, 1.165) is 18.4 Å². The van der Waals surface area contributed by atoms with Crippen LogP contribution >= 0.6 is 0 Å². The van der Waals surface area contributed by atoms with Gasteiger partial charge in [0, 0.05) is 0 Å². The monoisotopic (exact) mass is 324 g/mol. The first-order valence-corrected chi connectivity index (χ1v) is 9.05. The molecular formula is C16H28MgO3S. The summed E-state index contributed by atoms with van der Waals surface area (Å²) in [7, 11) is -4.09. The zero-order valence-corrected chi connectivity index (χ0v) is 15.3. The summed E-state index contributed by atoms with van der Waals surface area (Å²) in [5, 5.41) is 0. The van der Waals surface area contributed by atoms with E-state index in [-0.39, 0.29) is 30.8 Å². The Morgan fingerprint density at radius 2 is 1.48 bits per heavy atom. The van der Waals surface area contributed by atoms with E-state index in [9.17, 15) is 8.42 Å². The van der Waals surface area contributed by atoms with Crippen molar-refractivity contribution in [2.24, 2.45) is 0 Å². The Balaban J connectivity index is -0.00000133. The Hall–Kier alpha value is -0.104. The largest absolute Gasteiger partial charge is 2.00 e. The van der Waals surface area contributed by atoms with Gasteiger partial charge in [-0.25, -0.2) is 0 Å². The van der Waals surface area contributed by atoms with Crippen molar-refractivity contribution in [2.75, 3.05) is 0 Å². The zero-order chi connectivity index (χ0) is 14.8. The van der Waals surface area contributed by atoms with Gasteiger partial charge < -0.3 is 2.85 Å². The number of hydrogen-bond acceptors (Lipinski definition) is 2. The summed E-state index contributed by atoms with van der Waals surface area (Å²) in [5.41, 5.74) is 0.723. The molecule has 0 spiro atoms. The van der Waals surface area contributed by atoms with Gasteiger partial charge in [-0.15, -0.1) is 0 Å². The molecule has 0 aliphatic heterocycles. The maximum Gasteiger partial charge on any atom is 2.00 e. The first-order valence-electron chi connectivity index (χ1n) is 7.61. The number of benzene rings is 1. The Bertz CT molecular complexity index is 496. The van der Waals surface area contributed by atoms with E-state index in [1.54, 1.807) is 12.1 Å². The van der Waals surface area contributed by atoms with Crippen molar-refractivity contribution in [3.63, 3.8) is 0 Å². The molecule has 0 radical (unpaired) electrons. The van der Waals surface area contributed by atoms with Crippen LogP contribution in [-0.2, 0) is 16.5 Å². The first kappa shape index (κ1) is 20.9. The number of unbranched alkanes of at least 4 members (excludes halogenated alkanes) is 7. The molecule has 0 saturated heterocycles. The topological polar surface area (TPSA) is 54.4 Å². The molecule has 0 atom stereocenters. The van der Waals surface area contributed by atoms with Crippen LogP contribution in [0.2, 0.25) is 0 Å². The molecule has 21 heavy (non-hydrogen) atoms. The Morgan fingerprint density at radius 3 is 2.05 bits per heavy atom. The number of rotatable bonds is 10. The molecule has 0 saturated carbocycles. The second-order valence-electron chi connectivity index (χ2n) is 5.31. The molecule has 1 rings (SSSR count). The maximum absolute atomic E-state index is 11.2. The quantitative estimate of drug-likeness (QED) is 0.393.